The van der Waals surface area contributed by atoms with Crippen LogP contribution in [0.25, 0.3) is 0 Å². The fourth-order valence-corrected chi connectivity index (χ4v) is 2.27. The Labute approximate surface area is 130 Å². The van der Waals surface area contributed by atoms with Crippen LogP contribution in [0, 0.1) is 0 Å². The number of aliphatic hydroxyl groups is 1. The number of ether oxygens (including phenoxy) is 1. The molecule has 2 aromatic rings. The number of rotatable bonds is 7. The van der Waals surface area contributed by atoms with E-state index in [4.69, 9.17) is 16.3 Å². The fraction of sp³-hybridized carbons (Fsp3) is 0.438. The second kappa shape index (κ2) is 7.59. The third kappa shape index (κ3) is 4.84. The zero-order chi connectivity index (χ0) is 15.2. The number of imidazole rings is 1. The second-order valence-electron chi connectivity index (χ2n) is 5.39. The summed E-state index contributed by atoms with van der Waals surface area (Å²) in [7, 11) is 0. The van der Waals surface area contributed by atoms with E-state index in [2.05, 4.69) is 18.8 Å². The van der Waals surface area contributed by atoms with E-state index in [9.17, 15) is 5.11 Å². The number of benzene rings is 1. The SMILES string of the molecule is CC(C)c1nccn1CC(O)COCc1ccc(Cl)cc1. The smallest absolute Gasteiger partial charge is 0.111 e. The molecule has 0 aliphatic carbocycles. The molecule has 2 rings (SSSR count). The van der Waals surface area contributed by atoms with E-state index in [0.29, 0.717) is 30.7 Å². The van der Waals surface area contributed by atoms with Gasteiger partial charge in [0.1, 0.15) is 5.82 Å². The third-order valence-electron chi connectivity index (χ3n) is 3.16. The molecule has 0 radical (unpaired) electrons. The van der Waals surface area contributed by atoms with Crippen molar-refractivity contribution in [1.29, 1.82) is 0 Å². The van der Waals surface area contributed by atoms with Crippen LogP contribution >= 0.6 is 11.6 Å². The van der Waals surface area contributed by atoms with Crippen LogP contribution in [0.2, 0.25) is 5.02 Å². The van der Waals surface area contributed by atoms with Gasteiger partial charge in [-0.15, -0.1) is 0 Å². The molecule has 0 aliphatic rings. The average Bonchev–Trinajstić information content (AvgIpc) is 2.89. The maximum Gasteiger partial charge on any atom is 0.111 e. The molecular formula is C16H21ClN2O2. The number of hydrogen-bond acceptors (Lipinski definition) is 3. The Balaban J connectivity index is 1.78. The second-order valence-corrected chi connectivity index (χ2v) is 5.82. The Kier molecular flexibility index (Phi) is 5.79. The summed E-state index contributed by atoms with van der Waals surface area (Å²) in [6.45, 7) is 5.42. The molecule has 0 amide bonds. The molecule has 1 N–H and O–H groups in total. The quantitative estimate of drug-likeness (QED) is 0.854. The molecule has 1 aromatic carbocycles. The van der Waals surface area contributed by atoms with E-state index in [1.54, 1.807) is 6.20 Å². The molecule has 0 saturated carbocycles. The average molecular weight is 309 g/mol. The summed E-state index contributed by atoms with van der Waals surface area (Å²) in [4.78, 5) is 4.30. The zero-order valence-electron chi connectivity index (χ0n) is 12.4. The van der Waals surface area contributed by atoms with Gasteiger partial charge in [-0.1, -0.05) is 37.6 Å². The summed E-state index contributed by atoms with van der Waals surface area (Å²) in [6.07, 6.45) is 3.10. The van der Waals surface area contributed by atoms with Crippen molar-refractivity contribution < 1.29 is 9.84 Å². The first-order valence-corrected chi connectivity index (χ1v) is 7.45. The summed E-state index contributed by atoms with van der Waals surface area (Å²) in [6, 6.07) is 7.50. The first-order chi connectivity index (χ1) is 10.1. The van der Waals surface area contributed by atoms with Crippen LogP contribution in [0.1, 0.15) is 31.2 Å². The summed E-state index contributed by atoms with van der Waals surface area (Å²) in [5, 5.41) is 10.8. The highest BCUT2D eigenvalue weighted by Gasteiger charge is 2.11. The standard InChI is InChI=1S/C16H21ClN2O2/c1-12(2)16-18-7-8-19(16)9-15(20)11-21-10-13-3-5-14(17)6-4-13/h3-8,12,15,20H,9-11H2,1-2H3. The fourth-order valence-electron chi connectivity index (χ4n) is 2.15. The summed E-state index contributed by atoms with van der Waals surface area (Å²) < 4.78 is 7.52. The van der Waals surface area contributed by atoms with Gasteiger partial charge in [0.25, 0.3) is 0 Å². The molecule has 0 aliphatic heterocycles. The van der Waals surface area contributed by atoms with Gasteiger partial charge >= 0.3 is 0 Å². The van der Waals surface area contributed by atoms with Gasteiger partial charge < -0.3 is 14.4 Å². The Morgan fingerprint density at radius 2 is 2.00 bits per heavy atom. The van der Waals surface area contributed by atoms with E-state index in [1.165, 1.54) is 0 Å². The number of nitrogens with zero attached hydrogens (tertiary/aromatic N) is 2. The van der Waals surface area contributed by atoms with Gasteiger partial charge in [-0.3, -0.25) is 0 Å². The molecule has 4 nitrogen and oxygen atoms in total. The van der Waals surface area contributed by atoms with Crippen LogP contribution in [0.15, 0.2) is 36.7 Å². The molecule has 5 heteroatoms. The minimum atomic E-state index is -0.552. The van der Waals surface area contributed by atoms with Crippen LogP contribution in [-0.2, 0) is 17.9 Å². The van der Waals surface area contributed by atoms with Crippen molar-refractivity contribution in [3.05, 3.63) is 53.1 Å². The number of aromatic nitrogens is 2. The minimum absolute atomic E-state index is 0.290. The molecule has 1 atom stereocenters. The van der Waals surface area contributed by atoms with Crippen molar-refractivity contribution >= 4 is 11.6 Å². The lowest BCUT2D eigenvalue weighted by Crippen LogP contribution is -2.23. The molecule has 0 spiro atoms. The predicted octanol–water partition coefficient (Wildman–Crippen LogP) is 3.24. The van der Waals surface area contributed by atoms with Gasteiger partial charge in [-0.25, -0.2) is 4.98 Å². The topological polar surface area (TPSA) is 47.3 Å². The van der Waals surface area contributed by atoms with Crippen LogP contribution in [0.4, 0.5) is 0 Å². The lowest BCUT2D eigenvalue weighted by atomic mass is 10.2. The highest BCUT2D eigenvalue weighted by molar-refractivity contribution is 6.30. The monoisotopic (exact) mass is 308 g/mol. The molecule has 114 valence electrons. The van der Waals surface area contributed by atoms with Crippen molar-refractivity contribution in [3.63, 3.8) is 0 Å². The van der Waals surface area contributed by atoms with E-state index < -0.39 is 6.10 Å². The highest BCUT2D eigenvalue weighted by Crippen LogP contribution is 2.13. The van der Waals surface area contributed by atoms with Gasteiger partial charge in [0.15, 0.2) is 0 Å². The molecule has 0 saturated heterocycles. The van der Waals surface area contributed by atoms with E-state index >= 15 is 0 Å². The summed E-state index contributed by atoms with van der Waals surface area (Å²) in [5.74, 6) is 1.31. The van der Waals surface area contributed by atoms with Crippen molar-refractivity contribution in [2.24, 2.45) is 0 Å². The van der Waals surface area contributed by atoms with Gasteiger partial charge in [0.05, 0.1) is 25.9 Å². The van der Waals surface area contributed by atoms with Crippen molar-refractivity contribution in [2.75, 3.05) is 6.61 Å². The zero-order valence-corrected chi connectivity index (χ0v) is 13.1. The maximum atomic E-state index is 10.1. The van der Waals surface area contributed by atoms with Gasteiger partial charge in [0.2, 0.25) is 0 Å². The predicted molar refractivity (Wildman–Crippen MR) is 83.4 cm³/mol. The van der Waals surface area contributed by atoms with Crippen LogP contribution in [-0.4, -0.2) is 27.4 Å². The molecule has 0 bridgehead atoms. The molecular weight excluding hydrogens is 288 g/mol. The van der Waals surface area contributed by atoms with Gasteiger partial charge in [0, 0.05) is 23.3 Å². The number of hydrogen-bond donors (Lipinski definition) is 1. The molecule has 1 unspecified atom stereocenters. The summed E-state index contributed by atoms with van der Waals surface area (Å²) in [5.41, 5.74) is 1.04. The highest BCUT2D eigenvalue weighted by atomic mass is 35.5. The Hall–Kier alpha value is -1.36. The molecule has 1 heterocycles. The van der Waals surface area contributed by atoms with Crippen LogP contribution in [0.5, 0.6) is 0 Å². The van der Waals surface area contributed by atoms with Crippen molar-refractivity contribution in [1.82, 2.24) is 9.55 Å². The third-order valence-corrected chi connectivity index (χ3v) is 3.42. The van der Waals surface area contributed by atoms with E-state index in [1.807, 2.05) is 35.0 Å². The molecule has 1 aromatic heterocycles. The van der Waals surface area contributed by atoms with Gasteiger partial charge in [-0.05, 0) is 17.7 Å². The minimum Gasteiger partial charge on any atom is -0.389 e. The largest absolute Gasteiger partial charge is 0.389 e. The van der Waals surface area contributed by atoms with Crippen molar-refractivity contribution in [2.45, 2.75) is 39.0 Å². The maximum absolute atomic E-state index is 10.1. The van der Waals surface area contributed by atoms with E-state index in [-0.39, 0.29) is 0 Å². The first-order valence-electron chi connectivity index (χ1n) is 7.07. The normalized spacial score (nSPS) is 12.8. The number of aliphatic hydroxyl groups excluding tert-OH is 1. The Bertz CT molecular complexity index is 552. The van der Waals surface area contributed by atoms with E-state index in [0.717, 1.165) is 11.4 Å². The van der Waals surface area contributed by atoms with Crippen LogP contribution in [0.3, 0.4) is 0 Å². The van der Waals surface area contributed by atoms with Crippen molar-refractivity contribution in [3.8, 4) is 0 Å². The summed E-state index contributed by atoms with van der Waals surface area (Å²) >= 11 is 5.83. The number of halogens is 1. The molecule has 21 heavy (non-hydrogen) atoms. The Morgan fingerprint density at radius 1 is 1.29 bits per heavy atom. The first kappa shape index (κ1) is 16.0. The van der Waals surface area contributed by atoms with Crippen LogP contribution < -0.4 is 0 Å². The molecule has 0 fully saturated rings. The lowest BCUT2D eigenvalue weighted by Gasteiger charge is -2.15. The lowest BCUT2D eigenvalue weighted by molar-refractivity contribution is 0.0199. The Morgan fingerprint density at radius 3 is 2.67 bits per heavy atom. The van der Waals surface area contributed by atoms with Gasteiger partial charge in [-0.2, -0.15) is 0 Å².